The van der Waals surface area contributed by atoms with Gasteiger partial charge in [-0.2, -0.15) is 4.98 Å². The van der Waals surface area contributed by atoms with E-state index in [0.717, 1.165) is 11.4 Å². The van der Waals surface area contributed by atoms with E-state index in [9.17, 15) is 9.59 Å². The molecular formula is C20H23N5O3. The van der Waals surface area contributed by atoms with E-state index < -0.39 is 5.69 Å². The quantitative estimate of drug-likeness (QED) is 0.539. The van der Waals surface area contributed by atoms with E-state index in [1.165, 1.54) is 27.4 Å². The van der Waals surface area contributed by atoms with Crippen LogP contribution in [0.2, 0.25) is 0 Å². The maximum atomic E-state index is 13.1. The monoisotopic (exact) mass is 381 g/mol. The zero-order chi connectivity index (χ0) is 20.2. The van der Waals surface area contributed by atoms with Crippen LogP contribution < -0.4 is 11.2 Å². The second kappa shape index (κ2) is 6.49. The Morgan fingerprint density at radius 3 is 2.54 bits per heavy atom. The van der Waals surface area contributed by atoms with Crippen molar-refractivity contribution in [3.8, 4) is 5.69 Å². The van der Waals surface area contributed by atoms with Gasteiger partial charge in [0.05, 0.1) is 13.2 Å². The summed E-state index contributed by atoms with van der Waals surface area (Å²) in [5, 5.41) is 0. The molecule has 8 heteroatoms. The van der Waals surface area contributed by atoms with Crippen LogP contribution in [0.1, 0.15) is 16.8 Å². The van der Waals surface area contributed by atoms with Crippen LogP contribution >= 0.6 is 0 Å². The average molecular weight is 381 g/mol. The summed E-state index contributed by atoms with van der Waals surface area (Å²) in [7, 11) is 3.17. The molecule has 28 heavy (non-hydrogen) atoms. The molecule has 0 aliphatic rings. The molecule has 0 radical (unpaired) electrons. The lowest BCUT2D eigenvalue weighted by Gasteiger charge is -2.08. The summed E-state index contributed by atoms with van der Waals surface area (Å²) in [6, 6.07) is 6.19. The Morgan fingerprint density at radius 2 is 1.86 bits per heavy atom. The predicted octanol–water partition coefficient (Wildman–Crippen LogP) is 1.71. The van der Waals surface area contributed by atoms with Gasteiger partial charge in [0.2, 0.25) is 5.78 Å². The van der Waals surface area contributed by atoms with Gasteiger partial charge in [0.1, 0.15) is 0 Å². The summed E-state index contributed by atoms with van der Waals surface area (Å²) in [6.45, 7) is 6.59. The van der Waals surface area contributed by atoms with Gasteiger partial charge >= 0.3 is 5.69 Å². The van der Waals surface area contributed by atoms with Crippen molar-refractivity contribution in [3.63, 3.8) is 0 Å². The van der Waals surface area contributed by atoms with Gasteiger partial charge in [-0.3, -0.25) is 22.9 Å². The molecule has 0 amide bonds. The van der Waals surface area contributed by atoms with Gasteiger partial charge in [-0.25, -0.2) is 4.79 Å². The molecule has 0 saturated heterocycles. The highest BCUT2D eigenvalue weighted by molar-refractivity contribution is 5.76. The Hall–Kier alpha value is -3.13. The lowest BCUT2D eigenvalue weighted by molar-refractivity contribution is 0.184. The number of benzene rings is 1. The Bertz CT molecular complexity index is 1340. The first-order valence-electron chi connectivity index (χ1n) is 9.11. The Morgan fingerprint density at radius 1 is 1.11 bits per heavy atom. The van der Waals surface area contributed by atoms with Crippen LogP contribution in [0.25, 0.3) is 22.6 Å². The molecule has 0 bridgehead atoms. The van der Waals surface area contributed by atoms with Gasteiger partial charge in [0.15, 0.2) is 11.2 Å². The standard InChI is InChI=1S/C20H23N5O3/c1-12-6-7-15(10-13(12)2)25-14(3)11-24-16-17(21-19(24)25)22(4)20(27)23(18(16)26)8-9-28-5/h6-7,10-11H,8-9H2,1-5H3. The fraction of sp³-hybridized carbons (Fsp3) is 0.350. The Balaban J connectivity index is 2.07. The van der Waals surface area contributed by atoms with E-state index in [0.29, 0.717) is 16.9 Å². The second-order valence-corrected chi connectivity index (χ2v) is 7.12. The number of aromatic nitrogens is 5. The normalized spacial score (nSPS) is 11.8. The molecule has 3 heterocycles. The first-order valence-corrected chi connectivity index (χ1v) is 9.11. The zero-order valence-electron chi connectivity index (χ0n) is 16.7. The molecular weight excluding hydrogens is 358 g/mol. The van der Waals surface area contributed by atoms with E-state index in [2.05, 4.69) is 31.0 Å². The maximum absolute atomic E-state index is 13.1. The number of rotatable bonds is 4. The van der Waals surface area contributed by atoms with Gasteiger partial charge in [-0.05, 0) is 44.0 Å². The molecule has 0 fully saturated rings. The third kappa shape index (κ3) is 2.52. The Labute approximate surface area is 161 Å². The third-order valence-electron chi connectivity index (χ3n) is 5.29. The molecule has 146 valence electrons. The second-order valence-electron chi connectivity index (χ2n) is 7.12. The first-order chi connectivity index (χ1) is 13.3. The van der Waals surface area contributed by atoms with Crippen molar-refractivity contribution in [2.24, 2.45) is 7.05 Å². The zero-order valence-corrected chi connectivity index (χ0v) is 16.7. The van der Waals surface area contributed by atoms with Crippen LogP contribution in [0.5, 0.6) is 0 Å². The third-order valence-corrected chi connectivity index (χ3v) is 5.29. The summed E-state index contributed by atoms with van der Waals surface area (Å²) in [4.78, 5) is 30.3. The minimum atomic E-state index is -0.398. The number of aryl methyl sites for hydroxylation is 4. The lowest BCUT2D eigenvalue weighted by Crippen LogP contribution is -2.40. The van der Waals surface area contributed by atoms with Crippen molar-refractivity contribution in [1.82, 2.24) is 23.1 Å². The molecule has 0 atom stereocenters. The van der Waals surface area contributed by atoms with Gasteiger partial charge < -0.3 is 4.74 Å². The molecule has 0 spiro atoms. The number of nitrogens with zero attached hydrogens (tertiary/aromatic N) is 5. The highest BCUT2D eigenvalue weighted by atomic mass is 16.5. The van der Waals surface area contributed by atoms with Crippen molar-refractivity contribution in [1.29, 1.82) is 0 Å². The summed E-state index contributed by atoms with van der Waals surface area (Å²) in [6.07, 6.45) is 1.88. The highest BCUT2D eigenvalue weighted by Crippen LogP contribution is 2.22. The van der Waals surface area contributed by atoms with Gasteiger partial charge in [0, 0.05) is 31.7 Å². The van der Waals surface area contributed by atoms with Crippen LogP contribution in [-0.4, -0.2) is 36.8 Å². The highest BCUT2D eigenvalue weighted by Gasteiger charge is 2.20. The van der Waals surface area contributed by atoms with Crippen LogP contribution in [0.4, 0.5) is 0 Å². The fourth-order valence-electron chi connectivity index (χ4n) is 3.57. The van der Waals surface area contributed by atoms with E-state index in [1.54, 1.807) is 11.4 Å². The van der Waals surface area contributed by atoms with Gasteiger partial charge in [-0.15, -0.1) is 0 Å². The SMILES string of the molecule is COCCn1c(=O)c2c(nc3n(-c4ccc(C)c(C)c4)c(C)cn23)n(C)c1=O. The minimum absolute atomic E-state index is 0.196. The number of imidazole rings is 2. The largest absolute Gasteiger partial charge is 0.383 e. The van der Waals surface area contributed by atoms with Gasteiger partial charge in [0.25, 0.3) is 5.56 Å². The molecule has 0 N–H and O–H groups in total. The van der Waals surface area contributed by atoms with E-state index in [1.807, 2.05) is 23.8 Å². The first kappa shape index (κ1) is 18.2. The van der Waals surface area contributed by atoms with Crippen molar-refractivity contribution in [2.75, 3.05) is 13.7 Å². The molecule has 4 aromatic rings. The van der Waals surface area contributed by atoms with Crippen LogP contribution in [-0.2, 0) is 18.3 Å². The summed E-state index contributed by atoms with van der Waals surface area (Å²) in [5.74, 6) is 0.604. The molecule has 8 nitrogen and oxygen atoms in total. The lowest BCUT2D eigenvalue weighted by atomic mass is 10.1. The maximum Gasteiger partial charge on any atom is 0.332 e. The molecule has 0 aliphatic heterocycles. The molecule has 0 unspecified atom stereocenters. The fourth-order valence-corrected chi connectivity index (χ4v) is 3.57. The number of fused-ring (bicyclic) bond motifs is 3. The van der Waals surface area contributed by atoms with Gasteiger partial charge in [-0.1, -0.05) is 6.07 Å². The number of hydrogen-bond donors (Lipinski definition) is 0. The predicted molar refractivity (Wildman–Crippen MR) is 108 cm³/mol. The summed E-state index contributed by atoms with van der Waals surface area (Å²) in [5.41, 5.74) is 4.30. The molecule has 1 aromatic carbocycles. The number of methoxy groups -OCH3 is 1. The van der Waals surface area contributed by atoms with Crippen LogP contribution in [0.3, 0.4) is 0 Å². The Kier molecular flexibility index (Phi) is 4.23. The van der Waals surface area contributed by atoms with E-state index >= 15 is 0 Å². The summed E-state index contributed by atoms with van der Waals surface area (Å²) >= 11 is 0. The van der Waals surface area contributed by atoms with Crippen LogP contribution in [0.15, 0.2) is 34.0 Å². The van der Waals surface area contributed by atoms with Crippen molar-refractivity contribution < 1.29 is 4.74 Å². The van der Waals surface area contributed by atoms with Crippen molar-refractivity contribution in [3.05, 3.63) is 62.1 Å². The summed E-state index contributed by atoms with van der Waals surface area (Å²) < 4.78 is 11.4. The molecule has 4 rings (SSSR count). The van der Waals surface area contributed by atoms with Crippen LogP contribution in [0, 0.1) is 20.8 Å². The smallest absolute Gasteiger partial charge is 0.332 e. The number of ether oxygens (including phenoxy) is 1. The van der Waals surface area contributed by atoms with Crippen molar-refractivity contribution >= 4 is 16.9 Å². The number of hydrogen-bond acceptors (Lipinski definition) is 4. The van der Waals surface area contributed by atoms with Crippen molar-refractivity contribution in [2.45, 2.75) is 27.3 Å². The molecule has 0 aliphatic carbocycles. The molecule has 0 saturated carbocycles. The molecule has 3 aromatic heterocycles. The van der Waals surface area contributed by atoms with E-state index in [4.69, 9.17) is 4.74 Å². The topological polar surface area (TPSA) is 75.5 Å². The minimum Gasteiger partial charge on any atom is -0.383 e. The van der Waals surface area contributed by atoms with E-state index in [-0.39, 0.29) is 18.7 Å². The average Bonchev–Trinajstić information content (AvgIpc) is 3.17.